The summed E-state index contributed by atoms with van der Waals surface area (Å²) in [5, 5.41) is 5.97. The topological polar surface area (TPSA) is 50.4 Å². The van der Waals surface area contributed by atoms with Crippen molar-refractivity contribution < 1.29 is 22.7 Å². The Morgan fingerprint density at radius 3 is 2.62 bits per heavy atom. The Hall–Kier alpha value is -1.47. The average Bonchev–Trinajstić information content (AvgIpc) is 3.26. The molecule has 0 aliphatic heterocycles. The second-order valence-corrected chi connectivity index (χ2v) is 5.58. The van der Waals surface area contributed by atoms with Crippen LogP contribution in [-0.4, -0.2) is 31.9 Å². The summed E-state index contributed by atoms with van der Waals surface area (Å²) in [6, 6.07) is 6.01. The molecule has 2 unspecified atom stereocenters. The number of hydrogen-bond donors (Lipinski definition) is 2. The van der Waals surface area contributed by atoms with Crippen molar-refractivity contribution in [3.05, 3.63) is 29.8 Å². The molecule has 0 heterocycles. The van der Waals surface area contributed by atoms with Gasteiger partial charge in [-0.05, 0) is 36.9 Å². The van der Waals surface area contributed by atoms with Crippen LogP contribution in [0.25, 0.3) is 0 Å². The number of benzene rings is 1. The van der Waals surface area contributed by atoms with Gasteiger partial charge in [-0.25, -0.2) is 0 Å². The van der Waals surface area contributed by atoms with E-state index in [1.54, 1.807) is 12.1 Å². The molecule has 1 fully saturated rings. The predicted molar refractivity (Wildman–Crippen MR) is 87.4 cm³/mol. The summed E-state index contributed by atoms with van der Waals surface area (Å²) in [6.45, 7) is 4.15. The normalized spacial score (nSPS) is 19.3. The quantitative estimate of drug-likeness (QED) is 0.694. The van der Waals surface area contributed by atoms with Crippen LogP contribution in [-0.2, 0) is 4.79 Å². The van der Waals surface area contributed by atoms with Crippen LogP contribution >= 0.6 is 12.4 Å². The van der Waals surface area contributed by atoms with Gasteiger partial charge in [0.15, 0.2) is 0 Å². The molecule has 0 bridgehead atoms. The van der Waals surface area contributed by atoms with Crippen LogP contribution < -0.4 is 15.4 Å². The number of nitrogens with one attached hydrogen (secondary N) is 2. The number of carbonyl (C=O) groups excluding carboxylic acids is 1. The molecule has 4 nitrogen and oxygen atoms in total. The number of carbonyl (C=O) groups is 1. The predicted octanol–water partition coefficient (Wildman–Crippen LogP) is 3.23. The van der Waals surface area contributed by atoms with Gasteiger partial charge in [0.2, 0.25) is 5.91 Å². The number of ether oxygens (including phenoxy) is 1. The summed E-state index contributed by atoms with van der Waals surface area (Å²) in [5.41, 5.74) is 0.439. The molecule has 1 aromatic rings. The van der Waals surface area contributed by atoms with Gasteiger partial charge in [-0.15, -0.1) is 25.6 Å². The number of amides is 1. The van der Waals surface area contributed by atoms with Crippen molar-refractivity contribution >= 4 is 18.3 Å². The van der Waals surface area contributed by atoms with Crippen molar-refractivity contribution in [3.8, 4) is 5.75 Å². The lowest BCUT2D eigenvalue weighted by Crippen LogP contribution is -2.33. The van der Waals surface area contributed by atoms with Crippen molar-refractivity contribution in [2.24, 2.45) is 5.92 Å². The second-order valence-electron chi connectivity index (χ2n) is 5.58. The van der Waals surface area contributed by atoms with Gasteiger partial charge in [0, 0.05) is 19.0 Å². The van der Waals surface area contributed by atoms with Crippen LogP contribution in [0.15, 0.2) is 24.3 Å². The van der Waals surface area contributed by atoms with Crippen LogP contribution in [0.5, 0.6) is 5.75 Å². The van der Waals surface area contributed by atoms with E-state index in [0.717, 1.165) is 13.0 Å². The van der Waals surface area contributed by atoms with Gasteiger partial charge in [0.1, 0.15) is 5.75 Å². The zero-order valence-corrected chi connectivity index (χ0v) is 14.2. The minimum absolute atomic E-state index is 0. The van der Waals surface area contributed by atoms with Gasteiger partial charge < -0.3 is 15.4 Å². The lowest BCUT2D eigenvalue weighted by Gasteiger charge is -2.13. The Labute approximate surface area is 145 Å². The minimum Gasteiger partial charge on any atom is -0.405 e. The summed E-state index contributed by atoms with van der Waals surface area (Å²) >= 11 is 0. The van der Waals surface area contributed by atoms with Gasteiger partial charge >= 0.3 is 6.36 Å². The summed E-state index contributed by atoms with van der Waals surface area (Å²) in [5.74, 6) is -0.823. The van der Waals surface area contributed by atoms with Gasteiger partial charge in [-0.1, -0.05) is 25.1 Å². The third kappa shape index (κ3) is 6.20. The molecule has 1 aliphatic rings. The summed E-state index contributed by atoms with van der Waals surface area (Å²) < 4.78 is 41.3. The van der Waals surface area contributed by atoms with Gasteiger partial charge in [-0.3, -0.25) is 4.79 Å². The van der Waals surface area contributed by atoms with Crippen molar-refractivity contribution in [2.75, 3.05) is 19.6 Å². The van der Waals surface area contributed by atoms with E-state index < -0.39 is 6.36 Å². The third-order valence-corrected chi connectivity index (χ3v) is 3.70. The highest BCUT2D eigenvalue weighted by Gasteiger charge is 2.46. The minimum atomic E-state index is -4.73. The average molecular weight is 367 g/mol. The third-order valence-electron chi connectivity index (χ3n) is 3.70. The molecule has 136 valence electrons. The Kier molecular flexibility index (Phi) is 7.83. The molecule has 0 saturated heterocycles. The van der Waals surface area contributed by atoms with E-state index >= 15 is 0 Å². The monoisotopic (exact) mass is 366 g/mol. The van der Waals surface area contributed by atoms with E-state index in [-0.39, 0.29) is 35.9 Å². The molecular formula is C16H22ClF3N2O2. The summed E-state index contributed by atoms with van der Waals surface area (Å²) in [6.07, 6.45) is -3.16. The number of rotatable bonds is 8. The number of hydrogen-bond acceptors (Lipinski definition) is 3. The van der Waals surface area contributed by atoms with Crippen molar-refractivity contribution in [2.45, 2.75) is 32.0 Å². The fraction of sp³-hybridized carbons (Fsp3) is 0.562. The van der Waals surface area contributed by atoms with E-state index in [0.29, 0.717) is 25.1 Å². The second kappa shape index (κ2) is 9.13. The van der Waals surface area contributed by atoms with Crippen LogP contribution in [0, 0.1) is 5.92 Å². The Morgan fingerprint density at radius 2 is 1.96 bits per heavy atom. The molecule has 1 saturated carbocycles. The van der Waals surface area contributed by atoms with Crippen LogP contribution in [0.2, 0.25) is 0 Å². The smallest absolute Gasteiger partial charge is 0.405 e. The molecular weight excluding hydrogens is 345 g/mol. The highest BCUT2D eigenvalue weighted by molar-refractivity contribution is 5.85. The van der Waals surface area contributed by atoms with Gasteiger partial charge in [-0.2, -0.15) is 0 Å². The Bertz CT molecular complexity index is 540. The van der Waals surface area contributed by atoms with E-state index in [2.05, 4.69) is 22.3 Å². The zero-order valence-electron chi connectivity index (χ0n) is 13.4. The van der Waals surface area contributed by atoms with E-state index in [9.17, 15) is 18.0 Å². The molecule has 2 rings (SSSR count). The number of halogens is 4. The zero-order chi connectivity index (χ0) is 16.9. The van der Waals surface area contributed by atoms with Crippen molar-refractivity contribution in [1.29, 1.82) is 0 Å². The van der Waals surface area contributed by atoms with E-state index in [4.69, 9.17) is 0 Å². The first kappa shape index (κ1) is 20.6. The first-order valence-electron chi connectivity index (χ1n) is 7.75. The maximum absolute atomic E-state index is 12.4. The molecule has 0 spiro atoms. The first-order valence-corrected chi connectivity index (χ1v) is 7.75. The summed E-state index contributed by atoms with van der Waals surface area (Å²) in [4.78, 5) is 12.0. The van der Waals surface area contributed by atoms with Crippen LogP contribution in [0.4, 0.5) is 13.2 Å². The largest absolute Gasteiger partial charge is 0.573 e. The fourth-order valence-corrected chi connectivity index (χ4v) is 2.54. The molecule has 1 amide bonds. The molecule has 2 N–H and O–H groups in total. The molecule has 24 heavy (non-hydrogen) atoms. The standard InChI is InChI=1S/C16H21F3N2O2.ClH/c1-2-7-20-8-9-21-15(22)13-10-12(13)11-5-3-4-6-14(11)23-16(17,18)19;/h3-6,12-13,20H,2,7-10H2,1H3,(H,21,22);1H. The fourth-order valence-electron chi connectivity index (χ4n) is 2.54. The van der Waals surface area contributed by atoms with Crippen molar-refractivity contribution in [1.82, 2.24) is 10.6 Å². The Morgan fingerprint density at radius 1 is 1.25 bits per heavy atom. The lowest BCUT2D eigenvalue weighted by molar-refractivity contribution is -0.274. The highest BCUT2D eigenvalue weighted by atomic mass is 35.5. The first-order chi connectivity index (χ1) is 10.9. The van der Waals surface area contributed by atoms with E-state index in [1.807, 2.05) is 0 Å². The molecule has 2 atom stereocenters. The van der Waals surface area contributed by atoms with Gasteiger partial charge in [0.05, 0.1) is 0 Å². The van der Waals surface area contributed by atoms with Crippen LogP contribution in [0.1, 0.15) is 31.2 Å². The molecule has 1 aromatic carbocycles. The summed E-state index contributed by atoms with van der Waals surface area (Å²) in [7, 11) is 0. The highest BCUT2D eigenvalue weighted by Crippen LogP contribution is 2.50. The molecule has 1 aliphatic carbocycles. The maximum Gasteiger partial charge on any atom is 0.573 e. The lowest BCUT2D eigenvalue weighted by atomic mass is 10.1. The van der Waals surface area contributed by atoms with Crippen LogP contribution in [0.3, 0.4) is 0 Å². The van der Waals surface area contributed by atoms with Crippen molar-refractivity contribution in [3.63, 3.8) is 0 Å². The molecule has 8 heteroatoms. The number of alkyl halides is 3. The molecule has 0 aromatic heterocycles. The van der Waals surface area contributed by atoms with E-state index in [1.165, 1.54) is 12.1 Å². The number of para-hydroxylation sites is 1. The SMILES string of the molecule is CCCNCCNC(=O)C1CC1c1ccccc1OC(F)(F)F.Cl. The molecule has 0 radical (unpaired) electrons. The Balaban J connectivity index is 0.00000288. The maximum atomic E-state index is 12.4. The van der Waals surface area contributed by atoms with Gasteiger partial charge in [0.25, 0.3) is 0 Å².